The Labute approximate surface area is 107 Å². The molecule has 2 atom stereocenters. The van der Waals surface area contributed by atoms with Crippen LogP contribution in [0.15, 0.2) is 18.2 Å². The Hall–Kier alpha value is -1.26. The summed E-state index contributed by atoms with van der Waals surface area (Å²) >= 11 is 0. The van der Waals surface area contributed by atoms with Gasteiger partial charge in [0.1, 0.15) is 11.5 Å². The molecule has 1 aromatic carbocycles. The average molecular weight is 251 g/mol. The summed E-state index contributed by atoms with van der Waals surface area (Å²) in [4.78, 5) is 2.20. The summed E-state index contributed by atoms with van der Waals surface area (Å²) in [6.45, 7) is 1.05. The lowest BCUT2D eigenvalue weighted by Gasteiger charge is -2.25. The first kappa shape index (κ1) is 13.2. The lowest BCUT2D eigenvalue weighted by molar-refractivity contribution is 0.0787. The summed E-state index contributed by atoms with van der Waals surface area (Å²) in [7, 11) is 2.04. The highest BCUT2D eigenvalue weighted by atomic mass is 16.3. The number of aromatic hydroxyl groups is 2. The molecule has 1 fully saturated rings. The van der Waals surface area contributed by atoms with E-state index in [2.05, 4.69) is 4.90 Å². The van der Waals surface area contributed by atoms with Gasteiger partial charge in [0, 0.05) is 12.1 Å². The zero-order valence-electron chi connectivity index (χ0n) is 10.7. The van der Waals surface area contributed by atoms with Crippen molar-refractivity contribution in [2.24, 2.45) is 0 Å². The number of likely N-dealkylation sites (tertiary alicyclic amines) is 1. The van der Waals surface area contributed by atoms with Gasteiger partial charge in [0.2, 0.25) is 0 Å². The third-order valence-corrected chi connectivity index (χ3v) is 3.80. The molecule has 100 valence electrons. The summed E-state index contributed by atoms with van der Waals surface area (Å²) in [5, 5.41) is 29.0. The van der Waals surface area contributed by atoms with Crippen molar-refractivity contribution in [1.82, 2.24) is 4.90 Å². The van der Waals surface area contributed by atoms with Crippen LogP contribution in [0.3, 0.4) is 0 Å². The Kier molecular flexibility index (Phi) is 4.09. The molecular weight excluding hydrogens is 230 g/mol. The molecule has 0 unspecified atom stereocenters. The fraction of sp³-hybridized carbons (Fsp3) is 0.571. The molecule has 0 aromatic heterocycles. The molecule has 0 bridgehead atoms. The van der Waals surface area contributed by atoms with Gasteiger partial charge >= 0.3 is 0 Å². The summed E-state index contributed by atoms with van der Waals surface area (Å²) in [6.07, 6.45) is 3.08. The number of aliphatic hydroxyl groups is 1. The first-order valence-electron chi connectivity index (χ1n) is 6.47. The Morgan fingerprint density at radius 2 is 2.17 bits per heavy atom. The number of phenolic OH excluding ortho intramolecular Hbond substituents is 2. The molecule has 4 nitrogen and oxygen atoms in total. The largest absolute Gasteiger partial charge is 0.508 e. The SMILES string of the molecule is CN1CCC[C@H]1[C@@H](O)CCc1ccc(O)cc1O. The molecule has 0 spiro atoms. The molecule has 1 saturated heterocycles. The van der Waals surface area contributed by atoms with Crippen LogP contribution in [-0.2, 0) is 6.42 Å². The van der Waals surface area contributed by atoms with Gasteiger partial charge < -0.3 is 20.2 Å². The monoisotopic (exact) mass is 251 g/mol. The quantitative estimate of drug-likeness (QED) is 0.758. The van der Waals surface area contributed by atoms with Crippen molar-refractivity contribution in [3.63, 3.8) is 0 Å². The maximum absolute atomic E-state index is 10.2. The molecule has 3 N–H and O–H groups in total. The fourth-order valence-corrected chi connectivity index (χ4v) is 2.68. The van der Waals surface area contributed by atoms with Crippen molar-refractivity contribution in [3.05, 3.63) is 23.8 Å². The maximum Gasteiger partial charge on any atom is 0.122 e. The van der Waals surface area contributed by atoms with E-state index in [1.54, 1.807) is 12.1 Å². The second-order valence-electron chi connectivity index (χ2n) is 5.11. The van der Waals surface area contributed by atoms with E-state index >= 15 is 0 Å². The Balaban J connectivity index is 1.90. The third-order valence-electron chi connectivity index (χ3n) is 3.80. The Bertz CT molecular complexity index is 408. The number of hydrogen-bond acceptors (Lipinski definition) is 4. The molecule has 1 heterocycles. The van der Waals surface area contributed by atoms with E-state index in [1.165, 1.54) is 6.07 Å². The number of aryl methyl sites for hydroxylation is 1. The van der Waals surface area contributed by atoms with Crippen LogP contribution in [0.2, 0.25) is 0 Å². The van der Waals surface area contributed by atoms with Gasteiger partial charge in [0.15, 0.2) is 0 Å². The lowest BCUT2D eigenvalue weighted by atomic mass is 10.00. The van der Waals surface area contributed by atoms with Gasteiger partial charge in [0.25, 0.3) is 0 Å². The minimum Gasteiger partial charge on any atom is -0.508 e. The summed E-state index contributed by atoms with van der Waals surface area (Å²) < 4.78 is 0. The smallest absolute Gasteiger partial charge is 0.122 e. The van der Waals surface area contributed by atoms with Gasteiger partial charge in [-0.3, -0.25) is 0 Å². The van der Waals surface area contributed by atoms with Crippen molar-refractivity contribution >= 4 is 0 Å². The Morgan fingerprint density at radius 3 is 2.78 bits per heavy atom. The van der Waals surface area contributed by atoms with E-state index in [9.17, 15) is 15.3 Å². The molecule has 2 rings (SSSR count). The van der Waals surface area contributed by atoms with E-state index in [-0.39, 0.29) is 23.6 Å². The molecule has 1 aliphatic rings. The molecule has 0 aliphatic carbocycles. The van der Waals surface area contributed by atoms with Crippen molar-refractivity contribution in [3.8, 4) is 11.5 Å². The number of benzene rings is 1. The van der Waals surface area contributed by atoms with Crippen LogP contribution >= 0.6 is 0 Å². The standard InChI is InChI=1S/C14H21NO3/c1-15-8-2-3-12(15)13(17)7-5-10-4-6-11(16)9-14(10)18/h4,6,9,12-13,16-18H,2-3,5,7-8H2,1H3/t12-,13-/m0/s1. The number of rotatable bonds is 4. The number of nitrogens with zero attached hydrogens (tertiary/aromatic N) is 1. The fourth-order valence-electron chi connectivity index (χ4n) is 2.68. The van der Waals surface area contributed by atoms with Crippen LogP contribution < -0.4 is 0 Å². The third kappa shape index (κ3) is 2.94. The van der Waals surface area contributed by atoms with Crippen molar-refractivity contribution in [1.29, 1.82) is 0 Å². The maximum atomic E-state index is 10.2. The van der Waals surface area contributed by atoms with Crippen molar-refractivity contribution < 1.29 is 15.3 Å². The number of likely N-dealkylation sites (N-methyl/N-ethyl adjacent to an activating group) is 1. The first-order chi connectivity index (χ1) is 8.58. The lowest BCUT2D eigenvalue weighted by Crippen LogP contribution is -2.36. The topological polar surface area (TPSA) is 63.9 Å². The highest BCUT2D eigenvalue weighted by Gasteiger charge is 2.27. The predicted octanol–water partition coefficient (Wildman–Crippen LogP) is 1.49. The van der Waals surface area contributed by atoms with E-state index in [1.807, 2.05) is 7.05 Å². The van der Waals surface area contributed by atoms with E-state index < -0.39 is 0 Å². The minimum absolute atomic E-state index is 0.0623. The van der Waals surface area contributed by atoms with Crippen LogP contribution in [0, 0.1) is 0 Å². The molecule has 1 aromatic rings. The molecule has 0 saturated carbocycles. The van der Waals surface area contributed by atoms with Crippen LogP contribution in [0.1, 0.15) is 24.8 Å². The summed E-state index contributed by atoms with van der Waals surface area (Å²) in [6, 6.07) is 4.84. The van der Waals surface area contributed by atoms with Gasteiger partial charge in [-0.15, -0.1) is 0 Å². The molecule has 1 aliphatic heterocycles. The zero-order valence-corrected chi connectivity index (χ0v) is 10.7. The molecule has 18 heavy (non-hydrogen) atoms. The number of hydrogen-bond donors (Lipinski definition) is 3. The van der Waals surface area contributed by atoms with Gasteiger partial charge in [0.05, 0.1) is 6.10 Å². The molecule has 0 radical (unpaired) electrons. The van der Waals surface area contributed by atoms with Crippen LogP contribution in [0.5, 0.6) is 11.5 Å². The second kappa shape index (κ2) is 5.59. The first-order valence-corrected chi connectivity index (χ1v) is 6.47. The molecular formula is C14H21NO3. The zero-order chi connectivity index (χ0) is 13.1. The highest BCUT2D eigenvalue weighted by Crippen LogP contribution is 2.26. The van der Waals surface area contributed by atoms with Crippen molar-refractivity contribution in [2.75, 3.05) is 13.6 Å². The second-order valence-corrected chi connectivity index (χ2v) is 5.11. The van der Waals surface area contributed by atoms with Gasteiger partial charge in [-0.1, -0.05) is 6.07 Å². The van der Waals surface area contributed by atoms with Gasteiger partial charge in [-0.25, -0.2) is 0 Å². The number of phenols is 2. The van der Waals surface area contributed by atoms with Crippen LogP contribution in [-0.4, -0.2) is 46.0 Å². The predicted molar refractivity (Wildman–Crippen MR) is 69.8 cm³/mol. The summed E-state index contributed by atoms with van der Waals surface area (Å²) in [5.74, 6) is 0.161. The average Bonchev–Trinajstić information content (AvgIpc) is 2.74. The van der Waals surface area contributed by atoms with E-state index in [4.69, 9.17) is 0 Å². The minimum atomic E-state index is -0.356. The molecule has 0 amide bonds. The van der Waals surface area contributed by atoms with Crippen LogP contribution in [0.25, 0.3) is 0 Å². The highest BCUT2D eigenvalue weighted by molar-refractivity contribution is 5.38. The normalized spacial score (nSPS) is 22.2. The van der Waals surface area contributed by atoms with E-state index in [0.29, 0.717) is 12.8 Å². The molecule has 4 heteroatoms. The van der Waals surface area contributed by atoms with Gasteiger partial charge in [-0.2, -0.15) is 0 Å². The van der Waals surface area contributed by atoms with Crippen molar-refractivity contribution in [2.45, 2.75) is 37.8 Å². The summed E-state index contributed by atoms with van der Waals surface area (Å²) in [5.41, 5.74) is 0.771. The van der Waals surface area contributed by atoms with Gasteiger partial charge in [-0.05, 0) is 50.9 Å². The van der Waals surface area contributed by atoms with Crippen LogP contribution in [0.4, 0.5) is 0 Å². The Morgan fingerprint density at radius 1 is 1.39 bits per heavy atom. The number of aliphatic hydroxyl groups excluding tert-OH is 1. The van der Waals surface area contributed by atoms with E-state index in [0.717, 1.165) is 24.9 Å².